The van der Waals surface area contributed by atoms with Crippen molar-refractivity contribution in [3.8, 4) is 17.1 Å². The highest BCUT2D eigenvalue weighted by molar-refractivity contribution is 8.00. The van der Waals surface area contributed by atoms with Gasteiger partial charge in [-0.05, 0) is 63.3 Å². The fourth-order valence-electron chi connectivity index (χ4n) is 3.80. The number of thioether (sulfide) groups is 1. The molecule has 1 saturated heterocycles. The molecule has 1 aliphatic rings. The summed E-state index contributed by atoms with van der Waals surface area (Å²) < 4.78 is 2.08. The first-order valence-electron chi connectivity index (χ1n) is 10.6. The van der Waals surface area contributed by atoms with Crippen molar-refractivity contribution in [2.24, 2.45) is 0 Å². The first kappa shape index (κ1) is 20.7. The maximum Gasteiger partial charge on any atom is 0.235 e. The lowest BCUT2D eigenvalue weighted by Gasteiger charge is -2.28. The van der Waals surface area contributed by atoms with E-state index in [0.29, 0.717) is 0 Å². The van der Waals surface area contributed by atoms with Crippen LogP contribution in [0.4, 0.5) is 0 Å². The number of hydrogen-bond acceptors (Lipinski definition) is 4. The van der Waals surface area contributed by atoms with Crippen LogP contribution in [-0.4, -0.2) is 43.9 Å². The van der Waals surface area contributed by atoms with Gasteiger partial charge in [0.05, 0.1) is 10.9 Å². The quantitative estimate of drug-likeness (QED) is 0.542. The second kappa shape index (κ2) is 9.04. The van der Waals surface area contributed by atoms with E-state index in [-0.39, 0.29) is 11.2 Å². The Bertz CT molecular complexity index is 1020. The summed E-state index contributed by atoms with van der Waals surface area (Å²) in [4.78, 5) is 15.0. The molecular formula is C24H28N4OS. The Morgan fingerprint density at radius 1 is 0.967 bits per heavy atom. The Labute approximate surface area is 182 Å². The van der Waals surface area contributed by atoms with E-state index >= 15 is 0 Å². The second-order valence-electron chi connectivity index (χ2n) is 7.92. The van der Waals surface area contributed by atoms with Crippen LogP contribution in [0.5, 0.6) is 0 Å². The van der Waals surface area contributed by atoms with Crippen LogP contribution in [0.1, 0.15) is 37.3 Å². The van der Waals surface area contributed by atoms with E-state index in [2.05, 4.69) is 46.8 Å². The van der Waals surface area contributed by atoms with Gasteiger partial charge in [-0.1, -0.05) is 48.2 Å². The van der Waals surface area contributed by atoms with E-state index < -0.39 is 0 Å². The van der Waals surface area contributed by atoms with Crippen molar-refractivity contribution in [1.29, 1.82) is 0 Å². The molecule has 2 aromatic carbocycles. The van der Waals surface area contributed by atoms with E-state index in [1.54, 1.807) is 0 Å². The summed E-state index contributed by atoms with van der Waals surface area (Å²) in [6, 6.07) is 16.5. The fourth-order valence-corrected chi connectivity index (χ4v) is 4.75. The third-order valence-electron chi connectivity index (χ3n) is 5.71. The third-order valence-corrected chi connectivity index (χ3v) is 6.74. The average molecular weight is 421 g/mol. The SMILES string of the molecule is Cc1ccc(-n2c(S[C@@H](C)C(=O)N3CCCCC3)nnc2-c2ccccc2)cc1C. The van der Waals surface area contributed by atoms with Crippen LogP contribution < -0.4 is 0 Å². The average Bonchev–Trinajstić information content (AvgIpc) is 3.19. The minimum absolute atomic E-state index is 0.190. The zero-order valence-electron chi connectivity index (χ0n) is 17.8. The van der Waals surface area contributed by atoms with Crippen LogP contribution in [-0.2, 0) is 4.79 Å². The molecule has 156 valence electrons. The Morgan fingerprint density at radius 2 is 1.70 bits per heavy atom. The normalized spacial score (nSPS) is 15.2. The minimum atomic E-state index is -0.207. The molecule has 2 heterocycles. The highest BCUT2D eigenvalue weighted by atomic mass is 32.2. The summed E-state index contributed by atoms with van der Waals surface area (Å²) >= 11 is 1.49. The van der Waals surface area contributed by atoms with Gasteiger partial charge in [0.2, 0.25) is 5.91 Å². The standard InChI is InChI=1S/C24H28N4OS/c1-17-12-13-21(16-18(17)2)28-22(20-10-6-4-7-11-20)25-26-24(28)30-19(3)23(29)27-14-8-5-9-15-27/h4,6-7,10-13,16,19H,5,8-9,14-15H2,1-3H3/t19-/m0/s1. The number of carbonyl (C=O) groups excluding carboxylic acids is 1. The summed E-state index contributed by atoms with van der Waals surface area (Å²) in [6.07, 6.45) is 3.41. The number of hydrogen-bond donors (Lipinski definition) is 0. The van der Waals surface area contributed by atoms with Gasteiger partial charge in [0, 0.05) is 18.7 Å². The lowest BCUT2D eigenvalue weighted by Crippen LogP contribution is -2.40. The smallest absolute Gasteiger partial charge is 0.235 e. The molecule has 3 aromatic rings. The van der Waals surface area contributed by atoms with Gasteiger partial charge in [-0.25, -0.2) is 0 Å². The summed E-state index contributed by atoms with van der Waals surface area (Å²) in [7, 11) is 0. The number of nitrogens with zero attached hydrogens (tertiary/aromatic N) is 4. The predicted octanol–water partition coefficient (Wildman–Crippen LogP) is 5.04. The first-order valence-corrected chi connectivity index (χ1v) is 11.5. The van der Waals surface area contributed by atoms with Gasteiger partial charge in [0.1, 0.15) is 0 Å². The zero-order valence-corrected chi connectivity index (χ0v) is 18.7. The number of benzene rings is 2. The molecule has 0 bridgehead atoms. The molecule has 1 aromatic heterocycles. The summed E-state index contributed by atoms with van der Waals surface area (Å²) in [5.74, 6) is 0.981. The van der Waals surface area contributed by atoms with Gasteiger partial charge in [0.25, 0.3) is 0 Å². The summed E-state index contributed by atoms with van der Waals surface area (Å²) in [5.41, 5.74) is 4.48. The third kappa shape index (κ3) is 4.29. The van der Waals surface area contributed by atoms with Gasteiger partial charge < -0.3 is 4.90 Å². The topological polar surface area (TPSA) is 51.0 Å². The molecular weight excluding hydrogens is 392 g/mol. The minimum Gasteiger partial charge on any atom is -0.342 e. The number of rotatable bonds is 5. The van der Waals surface area contributed by atoms with Crippen LogP contribution in [0.2, 0.25) is 0 Å². The molecule has 1 fully saturated rings. The van der Waals surface area contributed by atoms with Crippen LogP contribution >= 0.6 is 11.8 Å². The fraction of sp³-hybridized carbons (Fsp3) is 0.375. The van der Waals surface area contributed by atoms with Crippen molar-refractivity contribution in [3.63, 3.8) is 0 Å². The summed E-state index contributed by atoms with van der Waals surface area (Å²) in [5, 5.41) is 9.54. The van der Waals surface area contributed by atoms with E-state index in [1.807, 2.05) is 42.2 Å². The van der Waals surface area contributed by atoms with Crippen LogP contribution in [0, 0.1) is 13.8 Å². The summed E-state index contributed by atoms with van der Waals surface area (Å²) in [6.45, 7) is 7.92. The Kier molecular flexibility index (Phi) is 6.23. The molecule has 1 amide bonds. The monoisotopic (exact) mass is 420 g/mol. The van der Waals surface area contributed by atoms with Gasteiger partial charge in [-0.15, -0.1) is 10.2 Å². The molecule has 0 saturated carbocycles. The lowest BCUT2D eigenvalue weighted by atomic mass is 10.1. The highest BCUT2D eigenvalue weighted by Crippen LogP contribution is 2.31. The molecule has 0 unspecified atom stereocenters. The van der Waals surface area contributed by atoms with Crippen LogP contribution in [0.25, 0.3) is 17.1 Å². The van der Waals surface area contributed by atoms with Crippen LogP contribution in [0.15, 0.2) is 53.7 Å². The molecule has 0 aliphatic carbocycles. The molecule has 0 spiro atoms. The molecule has 6 heteroatoms. The number of carbonyl (C=O) groups is 1. The second-order valence-corrected chi connectivity index (χ2v) is 9.23. The maximum absolute atomic E-state index is 13.0. The number of amides is 1. The van der Waals surface area contributed by atoms with Crippen molar-refractivity contribution >= 4 is 17.7 Å². The lowest BCUT2D eigenvalue weighted by molar-refractivity contribution is -0.131. The molecule has 5 nitrogen and oxygen atoms in total. The van der Waals surface area contributed by atoms with Crippen molar-refractivity contribution in [3.05, 3.63) is 59.7 Å². The Hall–Kier alpha value is -2.60. The van der Waals surface area contributed by atoms with Crippen molar-refractivity contribution in [2.45, 2.75) is 50.4 Å². The largest absolute Gasteiger partial charge is 0.342 e. The van der Waals surface area contributed by atoms with E-state index in [4.69, 9.17) is 0 Å². The molecule has 4 rings (SSSR count). The number of aromatic nitrogens is 3. The Morgan fingerprint density at radius 3 is 2.40 bits per heavy atom. The van der Waals surface area contributed by atoms with E-state index in [1.165, 1.54) is 29.3 Å². The van der Waals surface area contributed by atoms with Gasteiger partial charge in [0.15, 0.2) is 11.0 Å². The van der Waals surface area contributed by atoms with E-state index in [0.717, 1.165) is 48.2 Å². The molecule has 1 aliphatic heterocycles. The van der Waals surface area contributed by atoms with Crippen molar-refractivity contribution in [1.82, 2.24) is 19.7 Å². The first-order chi connectivity index (χ1) is 14.5. The highest BCUT2D eigenvalue weighted by Gasteiger charge is 2.26. The number of aryl methyl sites for hydroxylation is 2. The molecule has 0 N–H and O–H groups in total. The van der Waals surface area contributed by atoms with Gasteiger partial charge in [-0.3, -0.25) is 9.36 Å². The molecule has 0 radical (unpaired) electrons. The van der Waals surface area contributed by atoms with Crippen LogP contribution in [0.3, 0.4) is 0 Å². The Balaban J connectivity index is 1.70. The van der Waals surface area contributed by atoms with Crippen molar-refractivity contribution in [2.75, 3.05) is 13.1 Å². The molecule has 30 heavy (non-hydrogen) atoms. The van der Waals surface area contributed by atoms with E-state index in [9.17, 15) is 4.79 Å². The number of piperidine rings is 1. The van der Waals surface area contributed by atoms with Crippen molar-refractivity contribution < 1.29 is 4.79 Å². The van der Waals surface area contributed by atoms with Gasteiger partial charge in [-0.2, -0.15) is 0 Å². The maximum atomic E-state index is 13.0. The number of likely N-dealkylation sites (tertiary alicyclic amines) is 1. The zero-order chi connectivity index (χ0) is 21.1. The molecule has 1 atom stereocenters. The van der Waals surface area contributed by atoms with Gasteiger partial charge >= 0.3 is 0 Å². The predicted molar refractivity (Wildman–Crippen MR) is 122 cm³/mol.